The van der Waals surface area contributed by atoms with Crippen LogP contribution in [-0.2, 0) is 0 Å². The van der Waals surface area contributed by atoms with Crippen molar-refractivity contribution in [2.24, 2.45) is 5.41 Å². The molecule has 3 nitrogen and oxygen atoms in total. The van der Waals surface area contributed by atoms with Crippen LogP contribution < -0.4 is 5.32 Å². The largest absolute Gasteiger partial charge is 0.394 e. The van der Waals surface area contributed by atoms with Crippen molar-refractivity contribution in [2.75, 3.05) is 26.2 Å². The van der Waals surface area contributed by atoms with Gasteiger partial charge >= 0.3 is 0 Å². The summed E-state index contributed by atoms with van der Waals surface area (Å²) >= 11 is 0. The van der Waals surface area contributed by atoms with Crippen LogP contribution in [0.2, 0.25) is 0 Å². The van der Waals surface area contributed by atoms with Crippen molar-refractivity contribution in [3.63, 3.8) is 0 Å². The maximum absolute atomic E-state index is 9.76. The van der Waals surface area contributed by atoms with Gasteiger partial charge in [-0.05, 0) is 63.6 Å². The monoisotopic (exact) mass is 268 g/mol. The summed E-state index contributed by atoms with van der Waals surface area (Å²) in [6.45, 7) is 10.8. The quantitative estimate of drug-likeness (QED) is 0.803. The van der Waals surface area contributed by atoms with Crippen molar-refractivity contribution in [2.45, 2.75) is 70.9 Å². The Morgan fingerprint density at radius 3 is 2.47 bits per heavy atom. The van der Waals surface area contributed by atoms with Gasteiger partial charge in [0.15, 0.2) is 0 Å². The lowest BCUT2D eigenvalue weighted by Crippen LogP contribution is -2.49. The van der Waals surface area contributed by atoms with Gasteiger partial charge in [-0.2, -0.15) is 0 Å². The zero-order valence-corrected chi connectivity index (χ0v) is 13.0. The third-order valence-corrected chi connectivity index (χ3v) is 5.30. The van der Waals surface area contributed by atoms with Crippen LogP contribution in [0.1, 0.15) is 59.3 Å². The SMILES string of the molecule is CCCNC1(CO)CCC(N2CCC(C)(C)CC2)C1. The van der Waals surface area contributed by atoms with Gasteiger partial charge in [0.25, 0.3) is 0 Å². The van der Waals surface area contributed by atoms with E-state index in [0.29, 0.717) is 18.1 Å². The molecule has 0 aromatic rings. The van der Waals surface area contributed by atoms with E-state index >= 15 is 0 Å². The van der Waals surface area contributed by atoms with Crippen molar-refractivity contribution in [1.29, 1.82) is 0 Å². The second-order valence-electron chi connectivity index (χ2n) is 7.46. The van der Waals surface area contributed by atoms with Crippen LogP contribution in [0, 0.1) is 5.41 Å². The van der Waals surface area contributed by atoms with Gasteiger partial charge in [-0.25, -0.2) is 0 Å². The average Bonchev–Trinajstić information content (AvgIpc) is 2.81. The van der Waals surface area contributed by atoms with Crippen LogP contribution in [0.5, 0.6) is 0 Å². The van der Waals surface area contributed by atoms with E-state index in [0.717, 1.165) is 25.8 Å². The molecule has 2 unspecified atom stereocenters. The minimum atomic E-state index is 0.00758. The molecule has 0 radical (unpaired) electrons. The predicted molar refractivity (Wildman–Crippen MR) is 80.3 cm³/mol. The van der Waals surface area contributed by atoms with Gasteiger partial charge in [0, 0.05) is 11.6 Å². The van der Waals surface area contributed by atoms with Gasteiger partial charge in [0.2, 0.25) is 0 Å². The Hall–Kier alpha value is -0.120. The number of rotatable bonds is 5. The van der Waals surface area contributed by atoms with E-state index in [1.807, 2.05) is 0 Å². The van der Waals surface area contributed by atoms with E-state index in [2.05, 4.69) is 31.0 Å². The number of likely N-dealkylation sites (tertiary alicyclic amines) is 1. The summed E-state index contributed by atoms with van der Waals surface area (Å²) < 4.78 is 0. The van der Waals surface area contributed by atoms with Gasteiger partial charge in [0.1, 0.15) is 0 Å². The Kier molecular flexibility index (Phi) is 4.91. The molecular weight excluding hydrogens is 236 g/mol. The second-order valence-corrected chi connectivity index (χ2v) is 7.46. The smallest absolute Gasteiger partial charge is 0.0613 e. The van der Waals surface area contributed by atoms with Gasteiger partial charge in [-0.1, -0.05) is 20.8 Å². The lowest BCUT2D eigenvalue weighted by molar-refractivity contribution is 0.0860. The molecule has 1 aliphatic carbocycles. The molecule has 1 aliphatic heterocycles. The summed E-state index contributed by atoms with van der Waals surface area (Å²) in [6, 6.07) is 0.688. The Bertz CT molecular complexity index is 282. The first-order chi connectivity index (χ1) is 9.00. The lowest BCUT2D eigenvalue weighted by Gasteiger charge is -2.40. The van der Waals surface area contributed by atoms with Crippen LogP contribution >= 0.6 is 0 Å². The van der Waals surface area contributed by atoms with Crippen LogP contribution in [0.4, 0.5) is 0 Å². The van der Waals surface area contributed by atoms with Gasteiger partial charge in [-0.15, -0.1) is 0 Å². The molecule has 0 spiro atoms. The van der Waals surface area contributed by atoms with E-state index < -0.39 is 0 Å². The fourth-order valence-corrected chi connectivity index (χ4v) is 3.65. The molecule has 1 heterocycles. The topological polar surface area (TPSA) is 35.5 Å². The summed E-state index contributed by atoms with van der Waals surface area (Å²) in [7, 11) is 0. The minimum Gasteiger partial charge on any atom is -0.394 e. The minimum absolute atomic E-state index is 0.00758. The number of hydrogen-bond acceptors (Lipinski definition) is 3. The molecule has 2 atom stereocenters. The number of aliphatic hydroxyl groups excluding tert-OH is 1. The number of hydrogen-bond donors (Lipinski definition) is 2. The Morgan fingerprint density at radius 2 is 1.89 bits per heavy atom. The van der Waals surface area contributed by atoms with Crippen molar-refractivity contribution >= 4 is 0 Å². The van der Waals surface area contributed by atoms with Gasteiger partial charge in [0.05, 0.1) is 6.61 Å². The maximum Gasteiger partial charge on any atom is 0.0613 e. The number of nitrogens with zero attached hydrogens (tertiary/aromatic N) is 1. The molecule has 3 heteroatoms. The summed E-state index contributed by atoms with van der Waals surface area (Å²) in [5, 5.41) is 13.4. The zero-order chi connectivity index (χ0) is 13.9. The fraction of sp³-hybridized carbons (Fsp3) is 1.00. The molecule has 2 rings (SSSR count). The van der Waals surface area contributed by atoms with Gasteiger partial charge < -0.3 is 15.3 Å². The van der Waals surface area contributed by atoms with Crippen LogP contribution in [0.25, 0.3) is 0 Å². The molecule has 2 fully saturated rings. The van der Waals surface area contributed by atoms with Crippen molar-refractivity contribution in [3.05, 3.63) is 0 Å². The Labute approximate surface area is 118 Å². The molecule has 1 saturated carbocycles. The van der Waals surface area contributed by atoms with Crippen LogP contribution in [0.15, 0.2) is 0 Å². The molecule has 2 aliphatic rings. The highest BCUT2D eigenvalue weighted by Gasteiger charge is 2.41. The Morgan fingerprint density at radius 1 is 1.21 bits per heavy atom. The summed E-state index contributed by atoms with van der Waals surface area (Å²) in [5.74, 6) is 0. The maximum atomic E-state index is 9.76. The van der Waals surface area contributed by atoms with E-state index in [-0.39, 0.29) is 5.54 Å². The highest BCUT2D eigenvalue weighted by molar-refractivity contribution is 5.00. The van der Waals surface area contributed by atoms with E-state index in [1.54, 1.807) is 0 Å². The van der Waals surface area contributed by atoms with Crippen molar-refractivity contribution in [3.8, 4) is 0 Å². The van der Waals surface area contributed by atoms with Crippen molar-refractivity contribution < 1.29 is 5.11 Å². The summed E-state index contributed by atoms with van der Waals surface area (Å²) in [6.07, 6.45) is 7.29. The van der Waals surface area contributed by atoms with E-state index in [1.165, 1.54) is 32.4 Å². The van der Waals surface area contributed by atoms with Crippen molar-refractivity contribution in [1.82, 2.24) is 10.2 Å². The molecule has 0 amide bonds. The number of aliphatic hydroxyl groups is 1. The third-order valence-electron chi connectivity index (χ3n) is 5.30. The molecule has 112 valence electrons. The number of nitrogens with one attached hydrogen (secondary N) is 1. The summed E-state index contributed by atoms with van der Waals surface area (Å²) in [4.78, 5) is 2.68. The molecule has 2 N–H and O–H groups in total. The first-order valence-corrected chi connectivity index (χ1v) is 8.10. The Balaban J connectivity index is 1.87. The highest BCUT2D eigenvalue weighted by Crippen LogP contribution is 2.37. The third kappa shape index (κ3) is 3.71. The normalized spacial score (nSPS) is 35.7. The van der Waals surface area contributed by atoms with E-state index in [4.69, 9.17) is 0 Å². The summed E-state index contributed by atoms with van der Waals surface area (Å²) in [5.41, 5.74) is 0.539. The fourth-order valence-electron chi connectivity index (χ4n) is 3.65. The standard InChI is InChI=1S/C16H32N2O/c1-4-9-17-16(13-19)6-5-14(12-16)18-10-7-15(2,3)8-11-18/h14,17,19H,4-13H2,1-3H3. The lowest BCUT2D eigenvalue weighted by atomic mass is 9.82. The highest BCUT2D eigenvalue weighted by atomic mass is 16.3. The average molecular weight is 268 g/mol. The number of piperidine rings is 1. The first-order valence-electron chi connectivity index (χ1n) is 8.10. The second kappa shape index (κ2) is 6.11. The molecule has 19 heavy (non-hydrogen) atoms. The molecular formula is C16H32N2O. The zero-order valence-electron chi connectivity index (χ0n) is 13.0. The van der Waals surface area contributed by atoms with Gasteiger partial charge in [-0.3, -0.25) is 0 Å². The molecule has 1 saturated heterocycles. The van der Waals surface area contributed by atoms with Crippen LogP contribution in [0.3, 0.4) is 0 Å². The predicted octanol–water partition coefficient (Wildman–Crippen LogP) is 2.39. The first kappa shape index (κ1) is 15.3. The van der Waals surface area contributed by atoms with Crippen LogP contribution in [-0.4, -0.2) is 47.8 Å². The molecule has 0 aromatic carbocycles. The molecule has 0 bridgehead atoms. The van der Waals surface area contributed by atoms with E-state index in [9.17, 15) is 5.11 Å². The molecule has 0 aromatic heterocycles.